The molecular formula is C8H12O2. The number of aliphatic carboxylic acids is 1. The number of carboxylic acids is 1. The van der Waals surface area contributed by atoms with E-state index in [0.29, 0.717) is 0 Å². The maximum Gasteiger partial charge on any atom is 0.307 e. The lowest BCUT2D eigenvalue weighted by atomic mass is 9.97. The molecule has 0 saturated carbocycles. The van der Waals surface area contributed by atoms with Gasteiger partial charge in [-0.15, -0.1) is 5.92 Å². The fraction of sp³-hybridized carbons (Fsp3) is 0.625. The van der Waals surface area contributed by atoms with Crippen LogP contribution >= 0.6 is 0 Å². The minimum Gasteiger partial charge on any atom is -0.481 e. The SMILES string of the molecule is CC#CC(C)C(C)C(=O)O. The maximum absolute atomic E-state index is 10.3. The third-order valence-electron chi connectivity index (χ3n) is 1.51. The standard InChI is InChI=1S/C8H12O2/c1-4-5-6(2)7(3)8(9)10/h6-7H,1-3H3,(H,9,10). The summed E-state index contributed by atoms with van der Waals surface area (Å²) in [7, 11) is 0. The molecule has 0 aliphatic carbocycles. The van der Waals surface area contributed by atoms with Crippen molar-refractivity contribution in [2.45, 2.75) is 20.8 Å². The number of hydrogen-bond acceptors (Lipinski definition) is 1. The highest BCUT2D eigenvalue weighted by atomic mass is 16.4. The Morgan fingerprint density at radius 3 is 2.30 bits per heavy atom. The molecule has 2 atom stereocenters. The van der Waals surface area contributed by atoms with Crippen molar-refractivity contribution < 1.29 is 9.90 Å². The fourth-order valence-electron chi connectivity index (χ4n) is 0.567. The Morgan fingerprint density at radius 2 is 2.00 bits per heavy atom. The van der Waals surface area contributed by atoms with Crippen molar-refractivity contribution >= 4 is 5.97 Å². The van der Waals surface area contributed by atoms with Gasteiger partial charge < -0.3 is 5.11 Å². The predicted molar refractivity (Wildman–Crippen MR) is 39.4 cm³/mol. The average molecular weight is 140 g/mol. The highest BCUT2D eigenvalue weighted by Crippen LogP contribution is 2.08. The molecule has 0 bridgehead atoms. The van der Waals surface area contributed by atoms with Crippen LogP contribution in [0.1, 0.15) is 20.8 Å². The second-order valence-corrected chi connectivity index (χ2v) is 2.31. The zero-order valence-electron chi connectivity index (χ0n) is 6.51. The van der Waals surface area contributed by atoms with Gasteiger partial charge in [0.1, 0.15) is 0 Å². The molecule has 0 aromatic heterocycles. The summed E-state index contributed by atoms with van der Waals surface area (Å²) in [4.78, 5) is 10.3. The number of carboxylic acid groups (broad SMARTS) is 1. The van der Waals surface area contributed by atoms with E-state index in [2.05, 4.69) is 11.8 Å². The molecule has 1 N–H and O–H groups in total. The van der Waals surface area contributed by atoms with Crippen LogP contribution in [-0.2, 0) is 4.79 Å². The van der Waals surface area contributed by atoms with Crippen molar-refractivity contribution in [2.75, 3.05) is 0 Å². The molecule has 2 nitrogen and oxygen atoms in total. The Morgan fingerprint density at radius 1 is 1.50 bits per heavy atom. The molecule has 0 heterocycles. The van der Waals surface area contributed by atoms with Gasteiger partial charge in [-0.25, -0.2) is 0 Å². The van der Waals surface area contributed by atoms with Crippen molar-refractivity contribution in [1.29, 1.82) is 0 Å². The van der Waals surface area contributed by atoms with Crippen molar-refractivity contribution in [2.24, 2.45) is 11.8 Å². The van der Waals surface area contributed by atoms with Gasteiger partial charge in [0.2, 0.25) is 0 Å². The lowest BCUT2D eigenvalue weighted by Gasteiger charge is -2.07. The second kappa shape index (κ2) is 3.94. The van der Waals surface area contributed by atoms with Gasteiger partial charge in [0.15, 0.2) is 0 Å². The van der Waals surface area contributed by atoms with Gasteiger partial charge in [0.05, 0.1) is 5.92 Å². The first kappa shape index (κ1) is 9.03. The normalized spacial score (nSPS) is 14.7. The van der Waals surface area contributed by atoms with Crippen LogP contribution in [-0.4, -0.2) is 11.1 Å². The van der Waals surface area contributed by atoms with Crippen molar-refractivity contribution in [1.82, 2.24) is 0 Å². The quantitative estimate of drug-likeness (QED) is 0.588. The Labute approximate surface area is 61.2 Å². The van der Waals surface area contributed by atoms with Crippen LogP contribution < -0.4 is 0 Å². The summed E-state index contributed by atoms with van der Waals surface area (Å²) in [5.74, 6) is 4.28. The molecule has 0 aliphatic rings. The highest BCUT2D eigenvalue weighted by Gasteiger charge is 2.16. The second-order valence-electron chi connectivity index (χ2n) is 2.31. The Bertz CT molecular complexity index is 173. The molecule has 0 saturated heterocycles. The topological polar surface area (TPSA) is 37.3 Å². The average Bonchev–Trinajstić information content (AvgIpc) is 1.87. The van der Waals surface area contributed by atoms with Gasteiger partial charge in [0, 0.05) is 5.92 Å². The van der Waals surface area contributed by atoms with Gasteiger partial charge in [-0.05, 0) is 6.92 Å². The minimum absolute atomic E-state index is 0.0532. The van der Waals surface area contributed by atoms with E-state index in [-0.39, 0.29) is 11.8 Å². The molecule has 0 aromatic carbocycles. The zero-order valence-corrected chi connectivity index (χ0v) is 6.51. The first-order valence-corrected chi connectivity index (χ1v) is 3.24. The van der Waals surface area contributed by atoms with Gasteiger partial charge in [-0.2, -0.15) is 0 Å². The van der Waals surface area contributed by atoms with Crippen molar-refractivity contribution in [3.63, 3.8) is 0 Å². The fourth-order valence-corrected chi connectivity index (χ4v) is 0.567. The molecule has 0 aromatic rings. The summed E-state index contributed by atoms with van der Waals surface area (Å²) >= 11 is 0. The summed E-state index contributed by atoms with van der Waals surface area (Å²) in [6.45, 7) is 5.19. The lowest BCUT2D eigenvalue weighted by molar-refractivity contribution is -0.142. The molecule has 0 radical (unpaired) electrons. The molecule has 0 spiro atoms. The van der Waals surface area contributed by atoms with E-state index in [1.54, 1.807) is 13.8 Å². The Hall–Kier alpha value is -0.970. The van der Waals surface area contributed by atoms with E-state index in [1.165, 1.54) is 0 Å². The van der Waals surface area contributed by atoms with Crippen LogP contribution in [0.4, 0.5) is 0 Å². The van der Waals surface area contributed by atoms with Crippen molar-refractivity contribution in [3.8, 4) is 11.8 Å². The lowest BCUT2D eigenvalue weighted by Crippen LogP contribution is -2.16. The smallest absolute Gasteiger partial charge is 0.307 e. The molecule has 0 aliphatic heterocycles. The zero-order chi connectivity index (χ0) is 8.15. The molecule has 0 amide bonds. The van der Waals surface area contributed by atoms with E-state index in [9.17, 15) is 4.79 Å². The number of rotatable bonds is 2. The first-order valence-electron chi connectivity index (χ1n) is 3.24. The van der Waals surface area contributed by atoms with Crippen LogP contribution in [0.3, 0.4) is 0 Å². The third kappa shape index (κ3) is 2.54. The van der Waals surface area contributed by atoms with Crippen LogP contribution in [0.15, 0.2) is 0 Å². The van der Waals surface area contributed by atoms with Gasteiger partial charge in [-0.3, -0.25) is 4.79 Å². The predicted octanol–water partition coefficient (Wildman–Crippen LogP) is 1.37. The maximum atomic E-state index is 10.3. The summed E-state index contributed by atoms with van der Waals surface area (Å²) in [6.07, 6.45) is 0. The highest BCUT2D eigenvalue weighted by molar-refractivity contribution is 5.70. The molecule has 0 rings (SSSR count). The van der Waals surface area contributed by atoms with E-state index < -0.39 is 5.97 Å². The molecule has 2 unspecified atom stereocenters. The molecule has 10 heavy (non-hydrogen) atoms. The van der Waals surface area contributed by atoms with Crippen LogP contribution in [0.25, 0.3) is 0 Å². The summed E-state index contributed by atoms with van der Waals surface area (Å²) < 4.78 is 0. The molecule has 0 fully saturated rings. The number of carbonyl (C=O) groups is 1. The Kier molecular flexibility index (Phi) is 3.56. The monoisotopic (exact) mass is 140 g/mol. The van der Waals surface area contributed by atoms with E-state index in [4.69, 9.17) is 5.11 Å². The summed E-state index contributed by atoms with van der Waals surface area (Å²) in [5, 5.41) is 8.51. The number of hydrogen-bond donors (Lipinski definition) is 1. The Balaban J connectivity index is 4.02. The van der Waals surface area contributed by atoms with Crippen LogP contribution in [0.2, 0.25) is 0 Å². The van der Waals surface area contributed by atoms with Crippen LogP contribution in [0, 0.1) is 23.7 Å². The summed E-state index contributed by atoms with van der Waals surface area (Å²) in [5.41, 5.74) is 0. The summed E-state index contributed by atoms with van der Waals surface area (Å²) in [6, 6.07) is 0. The van der Waals surface area contributed by atoms with Gasteiger partial charge in [0.25, 0.3) is 0 Å². The molecular weight excluding hydrogens is 128 g/mol. The van der Waals surface area contributed by atoms with E-state index >= 15 is 0 Å². The molecule has 56 valence electrons. The van der Waals surface area contributed by atoms with Crippen molar-refractivity contribution in [3.05, 3.63) is 0 Å². The van der Waals surface area contributed by atoms with Gasteiger partial charge in [-0.1, -0.05) is 19.8 Å². The largest absolute Gasteiger partial charge is 0.481 e. The first-order chi connectivity index (χ1) is 4.59. The third-order valence-corrected chi connectivity index (χ3v) is 1.51. The van der Waals surface area contributed by atoms with E-state index in [0.717, 1.165) is 0 Å². The van der Waals surface area contributed by atoms with Gasteiger partial charge >= 0.3 is 5.97 Å². The van der Waals surface area contributed by atoms with E-state index in [1.807, 2.05) is 6.92 Å². The van der Waals surface area contributed by atoms with Crippen LogP contribution in [0.5, 0.6) is 0 Å². The molecule has 2 heteroatoms. The minimum atomic E-state index is -0.782.